The Balaban J connectivity index is 1.92. The third-order valence-corrected chi connectivity index (χ3v) is 4.77. The van der Waals surface area contributed by atoms with Gasteiger partial charge in [0.1, 0.15) is 18.1 Å². The van der Waals surface area contributed by atoms with Gasteiger partial charge in [0.05, 0.1) is 6.61 Å². The summed E-state index contributed by atoms with van der Waals surface area (Å²) in [4.78, 5) is 36.5. The van der Waals surface area contributed by atoms with Crippen LogP contribution < -0.4 is 14.8 Å². The summed E-state index contributed by atoms with van der Waals surface area (Å²) in [6.45, 7) is -0.154. The third kappa shape index (κ3) is 8.00. The van der Waals surface area contributed by atoms with Crippen molar-refractivity contribution in [1.82, 2.24) is 5.32 Å². The lowest BCUT2D eigenvalue weighted by Gasteiger charge is -2.26. The van der Waals surface area contributed by atoms with Crippen LogP contribution in [0.4, 0.5) is 4.79 Å². The summed E-state index contributed by atoms with van der Waals surface area (Å²) < 4.78 is 17.0. The molecule has 0 bridgehead atoms. The molecule has 0 spiro atoms. The molecule has 0 saturated carbocycles. The Bertz CT molecular complexity index is 1180. The molecule has 9 nitrogen and oxygen atoms in total. The van der Waals surface area contributed by atoms with E-state index in [2.05, 4.69) is 5.32 Å². The van der Waals surface area contributed by atoms with Crippen LogP contribution in [0.1, 0.15) is 22.0 Å². The molecule has 0 unspecified atom stereocenters. The molecule has 2 atom stereocenters. The van der Waals surface area contributed by atoms with Crippen LogP contribution in [0.5, 0.6) is 11.5 Å². The van der Waals surface area contributed by atoms with Crippen LogP contribution in [-0.2, 0) is 9.53 Å². The number of rotatable bonds is 11. The molecule has 2 amide bonds. The summed E-state index contributed by atoms with van der Waals surface area (Å²) in [5.74, 6) is -1.10. The van der Waals surface area contributed by atoms with Crippen LogP contribution >= 0.6 is 0 Å². The van der Waals surface area contributed by atoms with Crippen molar-refractivity contribution in [3.05, 3.63) is 108 Å². The molecular weight excluding hydrogens is 466 g/mol. The number of carboxylic acids is 1. The van der Waals surface area contributed by atoms with Crippen molar-refractivity contribution in [3.8, 4) is 11.5 Å². The van der Waals surface area contributed by atoms with Gasteiger partial charge < -0.3 is 24.4 Å². The van der Waals surface area contributed by atoms with E-state index in [-0.39, 0.29) is 18.8 Å². The number of aliphatic hydroxyl groups is 1. The molecule has 0 aliphatic rings. The molecular formula is C27H25NO8. The largest absolute Gasteiger partial charge is 0.491 e. The number of ether oxygens (including phenoxy) is 3. The molecule has 3 N–H and O–H groups in total. The van der Waals surface area contributed by atoms with E-state index in [0.29, 0.717) is 17.1 Å². The molecule has 0 aromatic heterocycles. The van der Waals surface area contributed by atoms with E-state index in [1.54, 1.807) is 84.9 Å². The van der Waals surface area contributed by atoms with Gasteiger partial charge in [0.2, 0.25) is 0 Å². The van der Waals surface area contributed by atoms with Gasteiger partial charge in [-0.3, -0.25) is 10.1 Å². The standard InChI is InChI=1S/C27H25NO8/c29-16-17-34-22-13-7-10-20(18-22)25(36-27(33)28-26(32)19-8-3-1-4-9-19)23(14-15-24(30)31)35-21-11-5-2-6-12-21/h1-15,18,23,25,29H,16-17H2,(H,30,31)(H,28,32,33)/b15-14+/t23-,25-/m0/s1. The highest BCUT2D eigenvalue weighted by molar-refractivity contribution is 6.02. The van der Waals surface area contributed by atoms with E-state index in [1.165, 1.54) is 6.08 Å². The number of aliphatic carboxylic acids is 1. The lowest BCUT2D eigenvalue weighted by atomic mass is 10.0. The normalized spacial score (nSPS) is 12.4. The first-order chi connectivity index (χ1) is 17.5. The van der Waals surface area contributed by atoms with E-state index >= 15 is 0 Å². The Morgan fingerprint density at radius 3 is 2.22 bits per heavy atom. The SMILES string of the molecule is O=C(O)/C=C/[C@H](Oc1ccccc1)[C@@H](OC(=O)NC(=O)c1ccccc1)c1cccc(OCCO)c1. The smallest absolute Gasteiger partial charge is 0.414 e. The maximum atomic E-state index is 12.7. The zero-order valence-electron chi connectivity index (χ0n) is 19.2. The van der Waals surface area contributed by atoms with Crippen molar-refractivity contribution in [2.75, 3.05) is 13.2 Å². The Morgan fingerprint density at radius 2 is 1.56 bits per heavy atom. The van der Waals surface area contributed by atoms with Crippen LogP contribution in [0, 0.1) is 0 Å². The van der Waals surface area contributed by atoms with E-state index in [4.69, 9.17) is 19.3 Å². The summed E-state index contributed by atoms with van der Waals surface area (Å²) in [7, 11) is 0. The number of carboxylic acid groups (broad SMARTS) is 1. The number of benzene rings is 3. The Labute approximate surface area is 207 Å². The number of carbonyl (C=O) groups excluding carboxylic acids is 2. The molecule has 0 heterocycles. The average Bonchev–Trinajstić information content (AvgIpc) is 2.89. The van der Waals surface area contributed by atoms with Gasteiger partial charge in [0.15, 0.2) is 12.2 Å². The summed E-state index contributed by atoms with van der Waals surface area (Å²) in [6, 6.07) is 23.2. The number of imide groups is 1. The van der Waals surface area contributed by atoms with E-state index in [9.17, 15) is 19.5 Å². The molecule has 0 radical (unpaired) electrons. The Hall–Kier alpha value is -4.63. The zero-order valence-corrected chi connectivity index (χ0v) is 19.2. The molecule has 0 aliphatic carbocycles. The van der Waals surface area contributed by atoms with Crippen molar-refractivity contribution < 1.29 is 38.8 Å². The lowest BCUT2D eigenvalue weighted by Crippen LogP contribution is -2.35. The molecule has 3 rings (SSSR count). The van der Waals surface area contributed by atoms with E-state index in [1.807, 2.05) is 0 Å². The fraction of sp³-hybridized carbons (Fsp3) is 0.148. The van der Waals surface area contributed by atoms with Crippen LogP contribution in [-0.4, -0.2) is 47.5 Å². The van der Waals surface area contributed by atoms with Crippen molar-refractivity contribution in [3.63, 3.8) is 0 Å². The molecule has 186 valence electrons. The fourth-order valence-electron chi connectivity index (χ4n) is 3.20. The number of alkyl carbamates (subject to hydrolysis) is 1. The molecule has 9 heteroatoms. The van der Waals surface area contributed by atoms with E-state index in [0.717, 1.165) is 6.08 Å². The zero-order chi connectivity index (χ0) is 25.8. The van der Waals surface area contributed by atoms with Crippen LogP contribution in [0.3, 0.4) is 0 Å². The quantitative estimate of drug-likeness (QED) is 0.346. The number of nitrogens with one attached hydrogen (secondary N) is 1. The maximum Gasteiger partial charge on any atom is 0.414 e. The first-order valence-electron chi connectivity index (χ1n) is 11.0. The van der Waals surface area contributed by atoms with Crippen LogP contribution in [0.2, 0.25) is 0 Å². The van der Waals surface area contributed by atoms with Gasteiger partial charge in [0.25, 0.3) is 5.91 Å². The number of amides is 2. The number of aliphatic hydroxyl groups excluding tert-OH is 1. The van der Waals surface area contributed by atoms with Crippen molar-refractivity contribution in [2.45, 2.75) is 12.2 Å². The van der Waals surface area contributed by atoms with E-state index < -0.39 is 30.2 Å². The van der Waals surface area contributed by atoms with Gasteiger partial charge in [-0.2, -0.15) is 0 Å². The Morgan fingerprint density at radius 1 is 0.889 bits per heavy atom. The third-order valence-electron chi connectivity index (χ3n) is 4.77. The van der Waals surface area contributed by atoms with Gasteiger partial charge >= 0.3 is 12.1 Å². The minimum absolute atomic E-state index is 0.0455. The van der Waals surface area contributed by atoms with Crippen molar-refractivity contribution in [1.29, 1.82) is 0 Å². The topological polar surface area (TPSA) is 131 Å². The van der Waals surface area contributed by atoms with Gasteiger partial charge in [-0.1, -0.05) is 48.5 Å². The summed E-state index contributed by atoms with van der Waals surface area (Å²) >= 11 is 0. The fourth-order valence-corrected chi connectivity index (χ4v) is 3.20. The Kier molecular flexibility index (Phi) is 9.60. The molecule has 0 aliphatic heterocycles. The van der Waals surface area contributed by atoms with Crippen LogP contribution in [0.15, 0.2) is 97.1 Å². The van der Waals surface area contributed by atoms with Gasteiger partial charge in [-0.25, -0.2) is 9.59 Å². The summed E-state index contributed by atoms with van der Waals surface area (Å²) in [6.07, 6.45) is -1.20. The molecule has 36 heavy (non-hydrogen) atoms. The number of carbonyl (C=O) groups is 3. The molecule has 0 fully saturated rings. The predicted octanol–water partition coefficient (Wildman–Crippen LogP) is 3.75. The second kappa shape index (κ2) is 13.3. The van der Waals surface area contributed by atoms with Gasteiger partial charge in [-0.15, -0.1) is 0 Å². The average molecular weight is 491 g/mol. The monoisotopic (exact) mass is 491 g/mol. The highest BCUT2D eigenvalue weighted by atomic mass is 16.6. The number of hydrogen-bond donors (Lipinski definition) is 3. The van der Waals surface area contributed by atoms with Crippen molar-refractivity contribution >= 4 is 18.0 Å². The summed E-state index contributed by atoms with van der Waals surface area (Å²) in [5.41, 5.74) is 0.664. The lowest BCUT2D eigenvalue weighted by molar-refractivity contribution is -0.131. The van der Waals surface area contributed by atoms with Gasteiger partial charge in [-0.05, 0) is 42.5 Å². The highest BCUT2D eigenvalue weighted by Crippen LogP contribution is 2.29. The molecule has 0 saturated heterocycles. The van der Waals surface area contributed by atoms with Crippen molar-refractivity contribution in [2.24, 2.45) is 0 Å². The second-order valence-corrected chi connectivity index (χ2v) is 7.38. The number of hydrogen-bond acceptors (Lipinski definition) is 7. The minimum atomic E-state index is -1.22. The predicted molar refractivity (Wildman–Crippen MR) is 130 cm³/mol. The van der Waals surface area contributed by atoms with Gasteiger partial charge in [0, 0.05) is 17.2 Å². The summed E-state index contributed by atoms with van der Waals surface area (Å²) in [5, 5.41) is 20.4. The highest BCUT2D eigenvalue weighted by Gasteiger charge is 2.29. The first kappa shape index (κ1) is 26.0. The second-order valence-electron chi connectivity index (χ2n) is 7.38. The minimum Gasteiger partial charge on any atom is -0.491 e. The number of para-hydroxylation sites is 1. The first-order valence-corrected chi connectivity index (χ1v) is 11.0. The maximum absolute atomic E-state index is 12.7. The molecule has 3 aromatic carbocycles. The van der Waals surface area contributed by atoms with Crippen LogP contribution in [0.25, 0.3) is 0 Å². The molecule has 3 aromatic rings.